The number of non-ortho nitro benzene ring substituents is 1. The monoisotopic (exact) mass is 413 g/mol. The number of nitro groups is 1. The largest absolute Gasteiger partial charge is 0.506 e. The number of aromatic amines is 1. The zero-order chi connectivity index (χ0) is 19.0. The van der Waals surface area contributed by atoms with Gasteiger partial charge < -0.3 is 26.0 Å². The van der Waals surface area contributed by atoms with Crippen LogP contribution in [0.3, 0.4) is 0 Å². The van der Waals surface area contributed by atoms with Gasteiger partial charge in [0.25, 0.3) is 11.2 Å². The number of hydrogen-bond donors (Lipinski definition) is 5. The van der Waals surface area contributed by atoms with Crippen molar-refractivity contribution in [1.29, 1.82) is 0 Å². The van der Waals surface area contributed by atoms with Crippen LogP contribution in [0.15, 0.2) is 21.4 Å². The Morgan fingerprint density at radius 2 is 1.76 bits per heavy atom. The lowest BCUT2D eigenvalue weighted by molar-refractivity contribution is -0.384. The van der Waals surface area contributed by atoms with Crippen LogP contribution in [0, 0.1) is 10.1 Å². The van der Waals surface area contributed by atoms with E-state index in [0.29, 0.717) is 0 Å². The summed E-state index contributed by atoms with van der Waals surface area (Å²) < 4.78 is -0.205. The first-order valence-electron chi connectivity index (χ1n) is 6.25. The Kier molecular flexibility index (Phi) is 4.48. The fourth-order valence-electron chi connectivity index (χ4n) is 2.20. The van der Waals surface area contributed by atoms with E-state index in [4.69, 9.17) is 5.73 Å². The number of benzene rings is 1. The zero-order valence-corrected chi connectivity index (χ0v) is 13.5. The maximum absolute atomic E-state index is 11.9. The van der Waals surface area contributed by atoms with Crippen LogP contribution in [0.1, 0.15) is 20.7 Å². The van der Waals surface area contributed by atoms with E-state index in [2.05, 4.69) is 15.9 Å². The van der Waals surface area contributed by atoms with Crippen molar-refractivity contribution in [3.8, 4) is 16.9 Å². The van der Waals surface area contributed by atoms with Gasteiger partial charge in [-0.05, 0) is 15.9 Å². The number of nitrogens with one attached hydrogen (secondary N) is 1. The number of rotatable bonds is 4. The molecule has 0 aliphatic heterocycles. The predicted octanol–water partition coefficient (Wildman–Crippen LogP) is 1.40. The third-order valence-corrected chi connectivity index (χ3v) is 3.81. The quantitative estimate of drug-likeness (QED) is 0.363. The Hall–Kier alpha value is -3.41. The molecule has 0 saturated heterocycles. The number of aromatic hydroxyl groups is 1. The first-order valence-corrected chi connectivity index (χ1v) is 7.05. The first kappa shape index (κ1) is 17.9. The van der Waals surface area contributed by atoms with Crippen molar-refractivity contribution in [2.24, 2.45) is 0 Å². The minimum Gasteiger partial charge on any atom is -0.506 e. The molecule has 2 aromatic rings. The molecule has 0 aliphatic rings. The Morgan fingerprint density at radius 1 is 1.20 bits per heavy atom. The van der Waals surface area contributed by atoms with Gasteiger partial charge in [0.15, 0.2) is 0 Å². The summed E-state index contributed by atoms with van der Waals surface area (Å²) in [7, 11) is 0. The molecule has 2 rings (SSSR count). The third kappa shape index (κ3) is 3.01. The van der Waals surface area contributed by atoms with Crippen LogP contribution in [-0.2, 0) is 0 Å². The van der Waals surface area contributed by atoms with Crippen molar-refractivity contribution in [1.82, 2.24) is 4.98 Å². The minimum absolute atomic E-state index is 0.205. The molecule has 130 valence electrons. The van der Waals surface area contributed by atoms with E-state index in [1.165, 1.54) is 0 Å². The highest BCUT2D eigenvalue weighted by atomic mass is 79.9. The summed E-state index contributed by atoms with van der Waals surface area (Å²) in [5, 5.41) is 39.7. The van der Waals surface area contributed by atoms with Crippen LogP contribution in [0.2, 0.25) is 0 Å². The molecule has 0 spiro atoms. The molecule has 0 bridgehead atoms. The highest BCUT2D eigenvalue weighted by molar-refractivity contribution is 9.10. The van der Waals surface area contributed by atoms with Gasteiger partial charge in [-0.2, -0.15) is 0 Å². The summed E-state index contributed by atoms with van der Waals surface area (Å²) in [5.74, 6) is -4.87. The van der Waals surface area contributed by atoms with Crippen LogP contribution < -0.4 is 11.3 Å². The molecule has 1 aromatic heterocycles. The third-order valence-electron chi connectivity index (χ3n) is 3.20. The summed E-state index contributed by atoms with van der Waals surface area (Å²) >= 11 is 2.86. The molecule has 0 saturated carbocycles. The van der Waals surface area contributed by atoms with Gasteiger partial charge in [-0.15, -0.1) is 0 Å². The Morgan fingerprint density at radius 3 is 2.24 bits per heavy atom. The SMILES string of the molecule is Nc1[nH]c(=O)c(C(=O)O)c(-c2cc([N+](=O)[O-])cc(Br)c2O)c1C(=O)O. The van der Waals surface area contributed by atoms with E-state index in [-0.39, 0.29) is 4.47 Å². The van der Waals surface area contributed by atoms with Gasteiger partial charge in [-0.1, -0.05) is 0 Å². The fraction of sp³-hybridized carbons (Fsp3) is 0. The normalized spacial score (nSPS) is 10.4. The number of pyridine rings is 1. The number of phenolic OH excluding ortho intramolecular Hbond substituents is 1. The van der Waals surface area contributed by atoms with Crippen molar-refractivity contribution in [2.45, 2.75) is 0 Å². The molecule has 25 heavy (non-hydrogen) atoms. The maximum Gasteiger partial charge on any atom is 0.342 e. The van der Waals surface area contributed by atoms with Gasteiger partial charge in [0, 0.05) is 23.3 Å². The maximum atomic E-state index is 11.9. The van der Waals surface area contributed by atoms with Crippen LogP contribution >= 0.6 is 15.9 Å². The molecular weight excluding hydrogens is 406 g/mol. The van der Waals surface area contributed by atoms with Crippen LogP contribution in [0.25, 0.3) is 11.1 Å². The smallest absolute Gasteiger partial charge is 0.342 e. The second kappa shape index (κ2) is 6.24. The number of nitro benzene ring substituents is 1. The van der Waals surface area contributed by atoms with E-state index in [0.717, 1.165) is 12.1 Å². The fourth-order valence-corrected chi connectivity index (χ4v) is 2.64. The van der Waals surface area contributed by atoms with Crippen molar-refractivity contribution < 1.29 is 29.8 Å². The Bertz CT molecular complexity index is 998. The van der Waals surface area contributed by atoms with Gasteiger partial charge >= 0.3 is 11.9 Å². The number of nitrogens with zero attached hydrogens (tertiary/aromatic N) is 1. The van der Waals surface area contributed by atoms with Gasteiger partial charge in [0.05, 0.1) is 9.40 Å². The summed E-state index contributed by atoms with van der Waals surface area (Å²) in [6, 6.07) is 1.67. The molecule has 12 heteroatoms. The number of halogens is 1. The summed E-state index contributed by atoms with van der Waals surface area (Å²) in [4.78, 5) is 46.9. The predicted molar refractivity (Wildman–Crippen MR) is 86.8 cm³/mol. The average Bonchev–Trinajstić information content (AvgIpc) is 2.47. The molecule has 0 amide bonds. The van der Waals surface area contributed by atoms with Gasteiger partial charge in [-0.3, -0.25) is 14.9 Å². The van der Waals surface area contributed by atoms with Gasteiger partial charge in [-0.25, -0.2) is 9.59 Å². The van der Waals surface area contributed by atoms with E-state index in [9.17, 15) is 39.8 Å². The number of carboxylic acid groups (broad SMARTS) is 2. The molecule has 1 aromatic carbocycles. The second-order valence-corrected chi connectivity index (χ2v) is 5.54. The first-order chi connectivity index (χ1) is 11.6. The van der Waals surface area contributed by atoms with E-state index >= 15 is 0 Å². The highest BCUT2D eigenvalue weighted by Crippen LogP contribution is 2.41. The molecule has 11 nitrogen and oxygen atoms in total. The molecule has 0 radical (unpaired) electrons. The summed E-state index contributed by atoms with van der Waals surface area (Å²) in [5.41, 5.74) is 0.504. The Balaban J connectivity index is 3.11. The minimum atomic E-state index is -1.80. The topological polar surface area (TPSA) is 197 Å². The Labute approximate surface area is 145 Å². The second-order valence-electron chi connectivity index (χ2n) is 4.68. The molecule has 1 heterocycles. The van der Waals surface area contributed by atoms with E-state index < -0.39 is 61.9 Å². The standard InChI is InChI=1S/C13H8BrN3O8/c14-5-2-3(17(24)25)1-4(9(5)18)6-7(12(20)21)10(15)16-11(19)8(6)13(22)23/h1-2,18H,(H,20,21)(H,22,23)(H3,15,16,19). The van der Waals surface area contributed by atoms with Gasteiger partial charge in [0.2, 0.25) is 0 Å². The lowest BCUT2D eigenvalue weighted by atomic mass is 9.94. The molecular formula is C13H8BrN3O8. The van der Waals surface area contributed by atoms with Crippen LogP contribution in [0.5, 0.6) is 5.75 Å². The number of phenols is 1. The highest BCUT2D eigenvalue weighted by Gasteiger charge is 2.30. The number of carboxylic acids is 2. The molecule has 0 unspecified atom stereocenters. The summed E-state index contributed by atoms with van der Waals surface area (Å²) in [6.45, 7) is 0. The zero-order valence-electron chi connectivity index (χ0n) is 11.9. The summed E-state index contributed by atoms with van der Waals surface area (Å²) in [6.07, 6.45) is 0. The lowest BCUT2D eigenvalue weighted by Gasteiger charge is -2.14. The number of carbonyl (C=O) groups is 2. The number of aromatic carboxylic acids is 2. The van der Waals surface area contributed by atoms with Crippen molar-refractivity contribution in [2.75, 3.05) is 5.73 Å². The molecule has 0 atom stereocenters. The molecule has 0 fully saturated rings. The van der Waals surface area contributed by atoms with Crippen molar-refractivity contribution >= 4 is 39.4 Å². The number of H-pyrrole nitrogens is 1. The molecule has 0 aliphatic carbocycles. The number of nitrogens with two attached hydrogens (primary N) is 1. The number of nitrogen functional groups attached to an aromatic ring is 1. The lowest BCUT2D eigenvalue weighted by Crippen LogP contribution is -2.24. The van der Waals surface area contributed by atoms with Crippen molar-refractivity contribution in [3.63, 3.8) is 0 Å². The number of hydrogen-bond acceptors (Lipinski definition) is 7. The average molecular weight is 414 g/mol. The van der Waals surface area contributed by atoms with E-state index in [1.54, 1.807) is 0 Å². The van der Waals surface area contributed by atoms with Crippen molar-refractivity contribution in [3.05, 3.63) is 48.2 Å². The van der Waals surface area contributed by atoms with Crippen LogP contribution in [-0.4, -0.2) is 37.2 Å². The van der Waals surface area contributed by atoms with Crippen LogP contribution in [0.4, 0.5) is 11.5 Å². The number of aromatic nitrogens is 1. The van der Waals surface area contributed by atoms with Gasteiger partial charge in [0.1, 0.15) is 22.7 Å². The molecule has 6 N–H and O–H groups in total. The number of anilines is 1. The van der Waals surface area contributed by atoms with E-state index in [1.807, 2.05) is 4.98 Å².